The van der Waals surface area contributed by atoms with Gasteiger partial charge in [-0.1, -0.05) is 39.0 Å². The van der Waals surface area contributed by atoms with Crippen molar-refractivity contribution in [3.63, 3.8) is 0 Å². The second kappa shape index (κ2) is 9.29. The first-order valence-electron chi connectivity index (χ1n) is 9.87. The Morgan fingerprint density at radius 2 is 1.56 bits per heavy atom. The van der Waals surface area contributed by atoms with Gasteiger partial charge in [0, 0.05) is 6.42 Å². The van der Waals surface area contributed by atoms with Gasteiger partial charge in [-0.2, -0.15) is 0 Å². The van der Waals surface area contributed by atoms with E-state index in [1.807, 2.05) is 11.8 Å². The minimum Gasteiger partial charge on any atom is -0.478 e. The van der Waals surface area contributed by atoms with Crippen molar-refractivity contribution in [2.24, 2.45) is 9.98 Å². The molecule has 144 valence electrons. The van der Waals surface area contributed by atoms with E-state index in [2.05, 4.69) is 34.6 Å². The van der Waals surface area contributed by atoms with Gasteiger partial charge in [-0.15, -0.1) is 11.8 Å². The molecule has 1 unspecified atom stereocenters. The molecular weight excluding hydrogens is 332 g/mol. The zero-order chi connectivity index (χ0) is 18.3. The smallest absolute Gasteiger partial charge is 0.198 e. The van der Waals surface area contributed by atoms with E-state index >= 15 is 0 Å². The SMILES string of the molecule is CCCCCCCCSC(CC1=NC(C)(C)CO1)C1=NC(C)(C)CO1. The summed E-state index contributed by atoms with van der Waals surface area (Å²) in [4.78, 5) is 9.52. The van der Waals surface area contributed by atoms with E-state index in [0.717, 1.165) is 24.0 Å². The summed E-state index contributed by atoms with van der Waals surface area (Å²) in [7, 11) is 0. The molecule has 0 bridgehead atoms. The van der Waals surface area contributed by atoms with Crippen molar-refractivity contribution < 1.29 is 9.47 Å². The maximum absolute atomic E-state index is 5.92. The van der Waals surface area contributed by atoms with Crippen LogP contribution in [0.5, 0.6) is 0 Å². The van der Waals surface area contributed by atoms with Crippen LogP contribution >= 0.6 is 11.8 Å². The Balaban J connectivity index is 1.85. The zero-order valence-corrected chi connectivity index (χ0v) is 17.6. The van der Waals surface area contributed by atoms with Crippen molar-refractivity contribution >= 4 is 23.6 Å². The van der Waals surface area contributed by atoms with E-state index in [1.165, 1.54) is 38.5 Å². The van der Waals surface area contributed by atoms with Crippen LogP contribution in [0, 0.1) is 0 Å². The van der Waals surface area contributed by atoms with Crippen LogP contribution in [0.15, 0.2) is 9.98 Å². The minimum atomic E-state index is -0.105. The van der Waals surface area contributed by atoms with Crippen molar-refractivity contribution in [2.45, 2.75) is 95.9 Å². The Kier molecular flexibility index (Phi) is 7.66. The Morgan fingerprint density at radius 1 is 0.920 bits per heavy atom. The molecule has 2 aliphatic heterocycles. The monoisotopic (exact) mass is 368 g/mol. The van der Waals surface area contributed by atoms with Gasteiger partial charge in [0.05, 0.1) is 16.3 Å². The fourth-order valence-corrected chi connectivity index (χ4v) is 4.21. The molecule has 2 rings (SSSR count). The highest BCUT2D eigenvalue weighted by atomic mass is 32.2. The zero-order valence-electron chi connectivity index (χ0n) is 16.8. The average molecular weight is 369 g/mol. The van der Waals surface area contributed by atoms with E-state index in [9.17, 15) is 0 Å². The van der Waals surface area contributed by atoms with Crippen LogP contribution in [0.1, 0.15) is 79.6 Å². The molecule has 0 radical (unpaired) electrons. The van der Waals surface area contributed by atoms with E-state index < -0.39 is 0 Å². The number of rotatable bonds is 11. The summed E-state index contributed by atoms with van der Waals surface area (Å²) >= 11 is 1.95. The fraction of sp³-hybridized carbons (Fsp3) is 0.900. The molecule has 0 amide bonds. The van der Waals surface area contributed by atoms with Crippen LogP contribution < -0.4 is 0 Å². The fourth-order valence-electron chi connectivity index (χ4n) is 3.03. The molecule has 0 aromatic carbocycles. The van der Waals surface area contributed by atoms with Crippen molar-refractivity contribution in [1.29, 1.82) is 0 Å². The first-order chi connectivity index (χ1) is 11.8. The molecule has 5 heteroatoms. The van der Waals surface area contributed by atoms with Crippen molar-refractivity contribution in [2.75, 3.05) is 19.0 Å². The number of aliphatic imine (C=N–C) groups is 2. The van der Waals surface area contributed by atoms with Crippen LogP contribution in [0.4, 0.5) is 0 Å². The third kappa shape index (κ3) is 7.20. The number of thioether (sulfide) groups is 1. The van der Waals surface area contributed by atoms with E-state index in [-0.39, 0.29) is 16.3 Å². The van der Waals surface area contributed by atoms with Crippen LogP contribution in [-0.4, -0.2) is 47.1 Å². The summed E-state index contributed by atoms with van der Waals surface area (Å²) in [6.45, 7) is 12.1. The highest BCUT2D eigenvalue weighted by Gasteiger charge is 2.34. The van der Waals surface area contributed by atoms with Crippen molar-refractivity contribution in [3.8, 4) is 0 Å². The topological polar surface area (TPSA) is 43.2 Å². The number of ether oxygens (including phenoxy) is 2. The molecule has 25 heavy (non-hydrogen) atoms. The van der Waals surface area contributed by atoms with Gasteiger partial charge >= 0.3 is 0 Å². The molecule has 0 spiro atoms. The average Bonchev–Trinajstić information content (AvgIpc) is 3.06. The summed E-state index contributed by atoms with van der Waals surface area (Å²) in [5, 5.41) is 0.227. The third-order valence-electron chi connectivity index (χ3n) is 4.46. The first kappa shape index (κ1) is 20.6. The maximum atomic E-state index is 5.92. The predicted molar refractivity (Wildman–Crippen MR) is 109 cm³/mol. The summed E-state index contributed by atoms with van der Waals surface area (Å²) in [5.74, 6) is 2.90. The number of hydrogen-bond donors (Lipinski definition) is 0. The van der Waals surface area contributed by atoms with Crippen LogP contribution in [0.3, 0.4) is 0 Å². The van der Waals surface area contributed by atoms with Gasteiger partial charge < -0.3 is 9.47 Å². The molecule has 0 saturated heterocycles. The Bertz CT molecular complexity index is 486. The molecule has 0 saturated carbocycles. The Labute approximate surface area is 158 Å². The van der Waals surface area contributed by atoms with E-state index in [0.29, 0.717) is 13.2 Å². The minimum absolute atomic E-state index is 0.0958. The summed E-state index contributed by atoms with van der Waals surface area (Å²) in [6, 6.07) is 0. The summed E-state index contributed by atoms with van der Waals surface area (Å²) < 4.78 is 11.7. The van der Waals surface area contributed by atoms with Gasteiger partial charge in [0.15, 0.2) is 11.8 Å². The number of nitrogens with zero attached hydrogens (tertiary/aromatic N) is 2. The molecule has 0 aliphatic carbocycles. The quantitative estimate of drug-likeness (QED) is 0.468. The Morgan fingerprint density at radius 3 is 2.16 bits per heavy atom. The lowest BCUT2D eigenvalue weighted by Gasteiger charge is -2.16. The van der Waals surface area contributed by atoms with Crippen LogP contribution in [0.25, 0.3) is 0 Å². The van der Waals surface area contributed by atoms with Crippen LogP contribution in [-0.2, 0) is 9.47 Å². The largest absolute Gasteiger partial charge is 0.478 e. The lowest BCUT2D eigenvalue weighted by Crippen LogP contribution is -2.22. The van der Waals surface area contributed by atoms with Gasteiger partial charge in [0.2, 0.25) is 0 Å². The Hall–Kier alpha value is -0.710. The summed E-state index contributed by atoms with van der Waals surface area (Å²) in [6.07, 6.45) is 8.77. The van der Waals surface area contributed by atoms with Gasteiger partial charge in [0.25, 0.3) is 0 Å². The molecule has 0 fully saturated rings. The van der Waals surface area contributed by atoms with E-state index in [1.54, 1.807) is 0 Å². The number of hydrogen-bond acceptors (Lipinski definition) is 5. The summed E-state index contributed by atoms with van der Waals surface area (Å²) in [5.41, 5.74) is -0.201. The van der Waals surface area contributed by atoms with Gasteiger partial charge in [0.1, 0.15) is 13.2 Å². The second-order valence-corrected chi connectivity index (χ2v) is 9.80. The van der Waals surface area contributed by atoms with Crippen molar-refractivity contribution in [3.05, 3.63) is 0 Å². The second-order valence-electron chi connectivity index (χ2n) is 8.49. The third-order valence-corrected chi connectivity index (χ3v) is 5.75. The molecule has 0 aromatic rings. The lowest BCUT2D eigenvalue weighted by molar-refractivity contribution is 0.268. The number of unbranched alkanes of at least 4 members (excludes halogenated alkanes) is 5. The van der Waals surface area contributed by atoms with Crippen LogP contribution in [0.2, 0.25) is 0 Å². The molecule has 0 N–H and O–H groups in total. The van der Waals surface area contributed by atoms with Gasteiger partial charge in [-0.05, 0) is 39.9 Å². The molecular formula is C20H36N2O2S. The lowest BCUT2D eigenvalue weighted by atomic mass is 10.1. The molecule has 2 heterocycles. The molecule has 1 atom stereocenters. The predicted octanol–water partition coefficient (Wildman–Crippen LogP) is 5.25. The van der Waals surface area contributed by atoms with Gasteiger partial charge in [-0.25, -0.2) is 9.98 Å². The highest BCUT2D eigenvalue weighted by molar-refractivity contribution is 8.00. The molecule has 4 nitrogen and oxygen atoms in total. The first-order valence-corrected chi connectivity index (χ1v) is 10.9. The van der Waals surface area contributed by atoms with Crippen molar-refractivity contribution in [1.82, 2.24) is 0 Å². The molecule has 2 aliphatic rings. The maximum Gasteiger partial charge on any atom is 0.198 e. The molecule has 0 aromatic heterocycles. The highest BCUT2D eigenvalue weighted by Crippen LogP contribution is 2.29. The van der Waals surface area contributed by atoms with Gasteiger partial charge in [-0.3, -0.25) is 0 Å². The standard InChI is InChI=1S/C20H36N2O2S/c1-6-7-8-9-10-11-12-25-16(18-22-20(4,5)15-24-18)13-17-21-19(2,3)14-23-17/h16H,6-15H2,1-5H3. The normalized spacial score (nSPS) is 22.1. The van der Waals surface area contributed by atoms with E-state index in [4.69, 9.17) is 19.5 Å².